The van der Waals surface area contributed by atoms with Gasteiger partial charge in [-0.2, -0.15) is 4.91 Å². The van der Waals surface area contributed by atoms with Crippen LogP contribution in [0.3, 0.4) is 0 Å². The van der Waals surface area contributed by atoms with Crippen LogP contribution >= 0.6 is 0 Å². The maximum Gasteiger partial charge on any atom is 0 e. The summed E-state index contributed by atoms with van der Waals surface area (Å²) in [6.45, 7) is 0. The van der Waals surface area contributed by atoms with Crippen LogP contribution in [0.15, 0.2) is 0 Å². The van der Waals surface area contributed by atoms with Gasteiger partial charge < -0.3 is 0 Å². The van der Waals surface area contributed by atoms with E-state index in [9.17, 15) is 0 Å². The highest BCUT2D eigenvalue weighted by atomic mass is 28.1. The average Bonchev–Trinajstić information content (AvgIpc) is 1.00. The molecule has 0 bridgehead atoms. The first-order valence-electron chi connectivity index (χ1n) is 0.204. The minimum atomic E-state index is 0. The van der Waals surface area contributed by atoms with Crippen molar-refractivity contribution in [2.75, 3.05) is 0 Å². The Morgan fingerprint density at radius 3 is 1.25 bits per heavy atom. The van der Waals surface area contributed by atoms with E-state index in [1.807, 2.05) is 0 Å². The molecule has 4 radical (unpaired) electrons. The van der Waals surface area contributed by atoms with Crippen molar-refractivity contribution in [2.45, 2.75) is 7.43 Å². The van der Waals surface area contributed by atoms with Crippen LogP contribution in [0.2, 0.25) is 0 Å². The second-order valence-electron chi connectivity index (χ2n) is 0. The van der Waals surface area contributed by atoms with Crippen molar-refractivity contribution in [1.29, 1.82) is 5.59 Å². The number of nitroso groups, excluding NO2 is 1. The normalized spacial score (nSPS) is 1.00. The third-order valence-corrected chi connectivity index (χ3v) is 0. The summed E-state index contributed by atoms with van der Waals surface area (Å²) in [7, 11) is 0. The van der Waals surface area contributed by atoms with Gasteiger partial charge in [0.1, 0.15) is 0 Å². The topological polar surface area (TPSA) is 40.9 Å². The van der Waals surface area contributed by atoms with Crippen molar-refractivity contribution in [2.24, 2.45) is 0 Å². The SMILES string of the molecule is C.N=O.[Si]. The van der Waals surface area contributed by atoms with Gasteiger partial charge in [0, 0.05) is 11.0 Å². The van der Waals surface area contributed by atoms with Crippen LogP contribution in [-0.4, -0.2) is 11.0 Å². The van der Waals surface area contributed by atoms with Crippen molar-refractivity contribution in [3.63, 3.8) is 0 Å². The lowest BCUT2D eigenvalue weighted by Gasteiger charge is -0.827. The van der Waals surface area contributed by atoms with Crippen molar-refractivity contribution in [3.05, 3.63) is 4.91 Å². The summed E-state index contributed by atoms with van der Waals surface area (Å²) in [6.07, 6.45) is 0. The highest BCUT2D eigenvalue weighted by molar-refractivity contribution is 5.75. The number of nitrogens with one attached hydrogen (secondary N) is 1. The summed E-state index contributed by atoms with van der Waals surface area (Å²) in [5, 5.41) is 0. The lowest BCUT2D eigenvalue weighted by Crippen LogP contribution is -0.649. The first-order chi connectivity index (χ1) is 1.00. The summed E-state index contributed by atoms with van der Waals surface area (Å²) in [5.74, 6) is 0. The van der Waals surface area contributed by atoms with Gasteiger partial charge >= 0.3 is 0 Å². The Hall–Kier alpha value is -0.183. The fourth-order valence-corrected chi connectivity index (χ4v) is 0. The van der Waals surface area contributed by atoms with E-state index in [1.54, 1.807) is 0 Å². The van der Waals surface area contributed by atoms with Gasteiger partial charge in [0.2, 0.25) is 0 Å². The smallest absolute Gasteiger partial charge is 0 e. The molecule has 1 N–H and O–H groups in total. The van der Waals surface area contributed by atoms with E-state index in [-0.39, 0.29) is 18.4 Å². The Kier molecular flexibility index (Phi) is 3150. The molecule has 0 atom stereocenters. The van der Waals surface area contributed by atoms with Crippen LogP contribution in [0.25, 0.3) is 0 Å². The van der Waals surface area contributed by atoms with E-state index in [1.165, 1.54) is 0 Å². The van der Waals surface area contributed by atoms with E-state index in [0.717, 1.165) is 0 Å². The molecule has 4 heavy (non-hydrogen) atoms. The summed E-state index contributed by atoms with van der Waals surface area (Å²) in [5.41, 5.74) is 4.50. The van der Waals surface area contributed by atoms with Crippen LogP contribution < -0.4 is 0 Å². The maximum absolute atomic E-state index is 7.50. The van der Waals surface area contributed by atoms with Gasteiger partial charge in [-0.15, -0.1) is 0 Å². The molecular weight excluding hydrogens is 70.1 g/mol. The summed E-state index contributed by atoms with van der Waals surface area (Å²) >= 11 is 0. The second kappa shape index (κ2) is 277. The predicted molar refractivity (Wildman–Crippen MR) is 18.6 cm³/mol. The molecule has 0 fully saturated rings. The molecule has 0 saturated heterocycles. The highest BCUT2D eigenvalue weighted by Crippen LogP contribution is 0.766. The summed E-state index contributed by atoms with van der Waals surface area (Å²) < 4.78 is 0. The third kappa shape index (κ3) is 36.2. The maximum atomic E-state index is 7.50. The third-order valence-electron chi connectivity index (χ3n) is 0. The molecule has 0 aromatic carbocycles. The summed E-state index contributed by atoms with van der Waals surface area (Å²) in [6, 6.07) is 0. The first-order valence-corrected chi connectivity index (χ1v) is 0.204. The molecule has 0 aliphatic rings. The monoisotopic (exact) mass is 75.0 g/mol. The van der Waals surface area contributed by atoms with Crippen molar-refractivity contribution in [1.82, 2.24) is 0 Å². The van der Waals surface area contributed by atoms with Crippen LogP contribution in [0.4, 0.5) is 0 Å². The molecule has 0 heterocycles. The zero-order chi connectivity index (χ0) is 2.00. The number of rotatable bonds is 0. The van der Waals surface area contributed by atoms with Gasteiger partial charge in [0.05, 0.1) is 0 Å². The zero-order valence-electron chi connectivity index (χ0n) is 1.41. The van der Waals surface area contributed by atoms with E-state index >= 15 is 0 Å². The molecule has 0 unspecified atom stereocenters. The highest BCUT2D eigenvalue weighted by Gasteiger charge is 0.588. The van der Waals surface area contributed by atoms with E-state index in [4.69, 9.17) is 4.91 Å². The molecule has 24 valence electrons. The van der Waals surface area contributed by atoms with E-state index < -0.39 is 0 Å². The molecule has 0 amide bonds. The molecule has 3 heteroatoms. The Bertz CT molecular complexity index is 8.00. The molecule has 2 nitrogen and oxygen atoms in total. The fraction of sp³-hybridized carbons (Fsp3) is 1.00. The average molecular weight is 75.1 g/mol. The molecule has 0 spiro atoms. The molecule has 0 aromatic heterocycles. The largest absolute Gasteiger partial charge is 0.154 e. The van der Waals surface area contributed by atoms with E-state index in [2.05, 4.69) is 5.59 Å². The molecule has 0 saturated carbocycles. The van der Waals surface area contributed by atoms with Crippen LogP contribution in [-0.2, 0) is 0 Å². The number of hydrogen-bond acceptors (Lipinski definition) is 2. The molecule has 0 aromatic rings. The van der Waals surface area contributed by atoms with Crippen molar-refractivity contribution < 1.29 is 0 Å². The van der Waals surface area contributed by atoms with Crippen molar-refractivity contribution >= 4 is 11.0 Å². The Morgan fingerprint density at radius 2 is 1.25 bits per heavy atom. The van der Waals surface area contributed by atoms with Gasteiger partial charge in [0.25, 0.3) is 0 Å². The predicted octanol–water partition coefficient (Wildman–Crippen LogP) is 0.587. The van der Waals surface area contributed by atoms with Gasteiger partial charge in [-0.25, -0.2) is 0 Å². The lowest BCUT2D eigenvalue weighted by atomic mass is 12.0. The molecule has 0 aliphatic carbocycles. The van der Waals surface area contributed by atoms with Crippen molar-refractivity contribution in [3.8, 4) is 0 Å². The standard InChI is InChI=1S/CH4.HNO.Si/c;1-2;/h1H4;1H;. The Morgan fingerprint density at radius 1 is 1.25 bits per heavy atom. The van der Waals surface area contributed by atoms with Crippen LogP contribution in [0, 0.1) is 10.5 Å². The fourth-order valence-electron chi connectivity index (χ4n) is 0. The van der Waals surface area contributed by atoms with E-state index in [0.29, 0.717) is 0 Å². The van der Waals surface area contributed by atoms with Crippen LogP contribution in [0.1, 0.15) is 7.43 Å². The Labute approximate surface area is 30.0 Å². The second-order valence-corrected chi connectivity index (χ2v) is 0. The zero-order valence-corrected chi connectivity index (χ0v) is 2.41. The quantitative estimate of drug-likeness (QED) is 0.332. The van der Waals surface area contributed by atoms with Gasteiger partial charge in [-0.1, -0.05) is 13.0 Å². The molecule has 0 rings (SSSR count). The lowest BCUT2D eigenvalue weighted by molar-refractivity contribution is 1.49. The van der Waals surface area contributed by atoms with Gasteiger partial charge in [-0.05, 0) is 0 Å². The first kappa shape index (κ1) is 45.4. The number of hydrogen-bond donors (Lipinski definition) is 1. The minimum absolute atomic E-state index is 0. The minimum Gasteiger partial charge on any atom is -0.154 e. The summed E-state index contributed by atoms with van der Waals surface area (Å²) in [4.78, 5) is 7.50. The Balaban J connectivity index is -0.00000000500. The molecular formula is CH5NOSi. The van der Waals surface area contributed by atoms with Gasteiger partial charge in [-0.3, -0.25) is 0 Å². The van der Waals surface area contributed by atoms with Gasteiger partial charge in [0.15, 0.2) is 0 Å². The molecule has 0 aliphatic heterocycles. The van der Waals surface area contributed by atoms with Crippen LogP contribution in [0.5, 0.6) is 0 Å².